The van der Waals surface area contributed by atoms with Crippen molar-refractivity contribution in [3.8, 4) is 0 Å². The fourth-order valence-corrected chi connectivity index (χ4v) is 2.35. The summed E-state index contributed by atoms with van der Waals surface area (Å²) in [5.41, 5.74) is 1.36. The van der Waals surface area contributed by atoms with Gasteiger partial charge in [0.1, 0.15) is 0 Å². The topological polar surface area (TPSA) is 118 Å². The van der Waals surface area contributed by atoms with Crippen molar-refractivity contribution in [1.29, 1.82) is 0 Å². The van der Waals surface area contributed by atoms with Crippen LogP contribution in [0.5, 0.6) is 0 Å². The van der Waals surface area contributed by atoms with E-state index < -0.39 is 16.1 Å². The summed E-state index contributed by atoms with van der Waals surface area (Å²) in [4.78, 5) is 23.2. The van der Waals surface area contributed by atoms with Crippen LogP contribution in [0, 0.1) is 0 Å². The minimum absolute atomic E-state index is 0.0439. The lowest BCUT2D eigenvalue weighted by atomic mass is 10.1. The van der Waals surface area contributed by atoms with E-state index in [1.807, 2.05) is 0 Å². The molecular weight excluding hydrogens is 318 g/mol. The van der Waals surface area contributed by atoms with Gasteiger partial charge in [0.2, 0.25) is 10.0 Å². The Bertz CT molecular complexity index is 845. The number of rotatable bonds is 4. The van der Waals surface area contributed by atoms with Gasteiger partial charge in [0.15, 0.2) is 5.78 Å². The van der Waals surface area contributed by atoms with Crippen molar-refractivity contribution in [3.63, 3.8) is 0 Å². The molecule has 0 fully saturated rings. The molecule has 0 atom stereocenters. The van der Waals surface area contributed by atoms with Gasteiger partial charge in [-0.1, -0.05) is 12.1 Å². The molecule has 2 rings (SSSR count). The van der Waals surface area contributed by atoms with E-state index in [4.69, 9.17) is 5.14 Å². The number of carbonyl (C=O) groups is 2. The number of hydrogen-bond acceptors (Lipinski definition) is 4. The van der Waals surface area contributed by atoms with Crippen LogP contribution in [0.4, 0.5) is 16.2 Å². The van der Waals surface area contributed by atoms with Crippen LogP contribution >= 0.6 is 0 Å². The quantitative estimate of drug-likeness (QED) is 0.743. The van der Waals surface area contributed by atoms with Crippen LogP contribution < -0.4 is 15.8 Å². The lowest BCUT2D eigenvalue weighted by Crippen LogP contribution is -2.19. The molecule has 0 saturated carbocycles. The zero-order valence-corrected chi connectivity index (χ0v) is 13.1. The first-order valence-corrected chi connectivity index (χ1v) is 8.12. The van der Waals surface area contributed by atoms with E-state index in [2.05, 4.69) is 10.6 Å². The van der Waals surface area contributed by atoms with E-state index in [0.29, 0.717) is 16.9 Å². The number of anilines is 2. The zero-order valence-electron chi connectivity index (χ0n) is 12.2. The molecule has 0 aliphatic rings. The number of sulfonamides is 1. The summed E-state index contributed by atoms with van der Waals surface area (Å²) >= 11 is 0. The molecule has 4 N–H and O–H groups in total. The number of urea groups is 1. The molecular formula is C15H15N3O4S. The molecule has 2 aromatic carbocycles. The van der Waals surface area contributed by atoms with Crippen LogP contribution in [0.1, 0.15) is 17.3 Å². The number of hydrogen-bond donors (Lipinski definition) is 3. The molecule has 0 aromatic heterocycles. The summed E-state index contributed by atoms with van der Waals surface area (Å²) in [5.74, 6) is -0.104. The molecule has 2 amide bonds. The molecule has 0 heterocycles. The summed E-state index contributed by atoms with van der Waals surface area (Å²) in [6.45, 7) is 1.44. The average Bonchev–Trinajstić information content (AvgIpc) is 2.47. The molecule has 0 aliphatic heterocycles. The first kappa shape index (κ1) is 16.7. The molecule has 120 valence electrons. The number of primary sulfonamides is 1. The first-order chi connectivity index (χ1) is 10.8. The normalized spacial score (nSPS) is 10.9. The molecule has 0 unspecified atom stereocenters. The zero-order chi connectivity index (χ0) is 17.0. The van der Waals surface area contributed by atoms with Crippen LogP contribution in [0.3, 0.4) is 0 Å². The Labute approximate surface area is 133 Å². The minimum atomic E-state index is -3.77. The largest absolute Gasteiger partial charge is 0.323 e. The number of nitrogens with two attached hydrogens (primary N) is 1. The Balaban J connectivity index is 2.05. The van der Waals surface area contributed by atoms with Gasteiger partial charge in [-0.3, -0.25) is 4.79 Å². The standard InChI is InChI=1S/C15H15N3O4S/c1-10(19)11-3-2-4-13(9-11)18-15(20)17-12-5-7-14(8-6-12)23(16,21)22/h2-9H,1H3,(H2,16,21,22)(H2,17,18,20). The molecule has 2 aromatic rings. The van der Waals surface area contributed by atoms with Crippen molar-refractivity contribution in [2.45, 2.75) is 11.8 Å². The van der Waals surface area contributed by atoms with Gasteiger partial charge in [-0.15, -0.1) is 0 Å². The summed E-state index contributed by atoms with van der Waals surface area (Å²) in [6, 6.07) is 11.4. The van der Waals surface area contributed by atoms with Crippen molar-refractivity contribution in [1.82, 2.24) is 0 Å². The Morgan fingerprint density at radius 3 is 2.13 bits per heavy atom. The van der Waals surface area contributed by atoms with Crippen LogP contribution in [0.2, 0.25) is 0 Å². The van der Waals surface area contributed by atoms with Gasteiger partial charge < -0.3 is 10.6 Å². The number of ketones is 1. The smallest absolute Gasteiger partial charge is 0.308 e. The predicted octanol–water partition coefficient (Wildman–Crippen LogP) is 2.18. The van der Waals surface area contributed by atoms with Gasteiger partial charge in [-0.05, 0) is 43.3 Å². The molecule has 0 radical (unpaired) electrons. The second-order valence-corrected chi connectivity index (χ2v) is 6.35. The highest BCUT2D eigenvalue weighted by molar-refractivity contribution is 7.89. The van der Waals surface area contributed by atoms with E-state index in [-0.39, 0.29) is 10.7 Å². The van der Waals surface area contributed by atoms with Crippen molar-refractivity contribution in [2.24, 2.45) is 5.14 Å². The number of Topliss-reactive ketones (excluding diaryl/α,β-unsaturated/α-hetero) is 1. The number of carbonyl (C=O) groups excluding carboxylic acids is 2. The van der Waals surface area contributed by atoms with Crippen molar-refractivity contribution >= 4 is 33.2 Å². The van der Waals surface area contributed by atoms with Crippen LogP contribution in [-0.4, -0.2) is 20.2 Å². The lowest BCUT2D eigenvalue weighted by Gasteiger charge is -2.09. The Morgan fingerprint density at radius 2 is 1.57 bits per heavy atom. The second kappa shape index (κ2) is 6.59. The molecule has 7 nitrogen and oxygen atoms in total. The SMILES string of the molecule is CC(=O)c1cccc(NC(=O)Nc2ccc(S(N)(=O)=O)cc2)c1. The second-order valence-electron chi connectivity index (χ2n) is 4.79. The molecule has 8 heteroatoms. The highest BCUT2D eigenvalue weighted by atomic mass is 32.2. The van der Waals surface area contributed by atoms with E-state index in [1.165, 1.54) is 31.2 Å². The van der Waals surface area contributed by atoms with Gasteiger partial charge in [0, 0.05) is 16.9 Å². The fourth-order valence-electron chi connectivity index (χ4n) is 1.84. The van der Waals surface area contributed by atoms with Crippen LogP contribution in [-0.2, 0) is 10.0 Å². The van der Waals surface area contributed by atoms with E-state index in [9.17, 15) is 18.0 Å². The Morgan fingerprint density at radius 1 is 0.957 bits per heavy atom. The van der Waals surface area contributed by atoms with Crippen molar-refractivity contribution in [3.05, 3.63) is 54.1 Å². The van der Waals surface area contributed by atoms with Gasteiger partial charge in [0.25, 0.3) is 0 Å². The van der Waals surface area contributed by atoms with Gasteiger partial charge in [-0.2, -0.15) is 0 Å². The van der Waals surface area contributed by atoms with Gasteiger partial charge >= 0.3 is 6.03 Å². The number of benzene rings is 2. The lowest BCUT2D eigenvalue weighted by molar-refractivity contribution is 0.101. The maximum atomic E-state index is 11.9. The van der Waals surface area contributed by atoms with Crippen LogP contribution in [0.15, 0.2) is 53.4 Å². The van der Waals surface area contributed by atoms with E-state index in [1.54, 1.807) is 24.3 Å². The summed E-state index contributed by atoms with van der Waals surface area (Å²) in [5, 5.41) is 10.1. The molecule has 0 aliphatic carbocycles. The third kappa shape index (κ3) is 4.63. The fraction of sp³-hybridized carbons (Fsp3) is 0.0667. The molecule has 0 saturated heterocycles. The molecule has 23 heavy (non-hydrogen) atoms. The molecule has 0 spiro atoms. The monoisotopic (exact) mass is 333 g/mol. The van der Waals surface area contributed by atoms with E-state index in [0.717, 1.165) is 0 Å². The summed E-state index contributed by atoms with van der Waals surface area (Å²) in [6.07, 6.45) is 0. The van der Waals surface area contributed by atoms with Crippen molar-refractivity contribution < 1.29 is 18.0 Å². The highest BCUT2D eigenvalue weighted by Gasteiger charge is 2.08. The summed E-state index contributed by atoms with van der Waals surface area (Å²) in [7, 11) is -3.77. The van der Waals surface area contributed by atoms with Gasteiger partial charge in [0.05, 0.1) is 4.90 Å². The minimum Gasteiger partial charge on any atom is -0.308 e. The maximum absolute atomic E-state index is 11.9. The first-order valence-electron chi connectivity index (χ1n) is 6.57. The van der Waals surface area contributed by atoms with E-state index >= 15 is 0 Å². The van der Waals surface area contributed by atoms with Crippen molar-refractivity contribution in [2.75, 3.05) is 10.6 Å². The third-order valence-corrected chi connectivity index (χ3v) is 3.90. The summed E-state index contributed by atoms with van der Waals surface area (Å²) < 4.78 is 22.3. The Kier molecular flexibility index (Phi) is 4.77. The molecule has 0 bridgehead atoms. The predicted molar refractivity (Wildman–Crippen MR) is 86.9 cm³/mol. The number of amides is 2. The number of nitrogens with one attached hydrogen (secondary N) is 2. The van der Waals surface area contributed by atoms with Gasteiger partial charge in [-0.25, -0.2) is 18.4 Å². The van der Waals surface area contributed by atoms with Crippen LogP contribution in [0.25, 0.3) is 0 Å². The average molecular weight is 333 g/mol. The highest BCUT2D eigenvalue weighted by Crippen LogP contribution is 2.14. The Hall–Kier alpha value is -2.71. The third-order valence-electron chi connectivity index (χ3n) is 2.97. The maximum Gasteiger partial charge on any atom is 0.323 e.